The molecule has 5 N–H and O–H groups in total. The molecule has 9 rings (SSSR count). The van der Waals surface area contributed by atoms with Gasteiger partial charge in [0, 0.05) is 5.56 Å². The van der Waals surface area contributed by atoms with Gasteiger partial charge in [-0.2, -0.15) is 0 Å². The fourth-order valence-corrected chi connectivity index (χ4v) is 7.34. The molecule has 0 fully saturated rings. The molecule has 0 heterocycles. The van der Waals surface area contributed by atoms with Gasteiger partial charge in [0.25, 0.3) is 0 Å². The summed E-state index contributed by atoms with van der Waals surface area (Å²) < 4.78 is 0. The number of fused-ring (bicyclic) bond motifs is 7. The van der Waals surface area contributed by atoms with Gasteiger partial charge in [0.2, 0.25) is 17.2 Å². The number of phenolic OH excluding ortho intramolecular Hbond substituents is 5. The second kappa shape index (κ2) is 9.77. The zero-order chi connectivity index (χ0) is 32.0. The van der Waals surface area contributed by atoms with Gasteiger partial charge < -0.3 is 25.5 Å². The zero-order valence-corrected chi connectivity index (χ0v) is 24.9. The maximum absolute atomic E-state index is 11.2. The first kappa shape index (κ1) is 26.9. The molecule has 0 spiro atoms. The summed E-state index contributed by atoms with van der Waals surface area (Å²) in [5.41, 5.74) is 2.24. The lowest BCUT2D eigenvalue weighted by Crippen LogP contribution is -1.93. The number of hydrogen-bond donors (Lipinski definition) is 5. The maximum Gasteiger partial charge on any atom is 0.208 e. The molecule has 5 nitrogen and oxygen atoms in total. The number of rotatable bonds is 2. The van der Waals surface area contributed by atoms with E-state index in [0.717, 1.165) is 54.2 Å². The van der Waals surface area contributed by atoms with Gasteiger partial charge in [-0.05, 0) is 100 Å². The normalized spacial score (nSPS) is 11.8. The highest BCUT2D eigenvalue weighted by Crippen LogP contribution is 2.58. The van der Waals surface area contributed by atoms with Crippen LogP contribution in [0.15, 0.2) is 127 Å². The van der Waals surface area contributed by atoms with Crippen LogP contribution in [-0.4, -0.2) is 25.5 Å². The number of aromatic hydroxyl groups is 5. The van der Waals surface area contributed by atoms with Crippen LogP contribution < -0.4 is 0 Å². The second-order valence-electron chi connectivity index (χ2n) is 12.0. The van der Waals surface area contributed by atoms with Gasteiger partial charge in [-0.15, -0.1) is 0 Å². The molecule has 0 amide bonds. The van der Waals surface area contributed by atoms with Crippen molar-refractivity contribution in [2.24, 2.45) is 0 Å². The van der Waals surface area contributed by atoms with Crippen molar-refractivity contribution in [3.8, 4) is 51.0 Å². The molecule has 0 aliphatic heterocycles. The molecule has 9 aromatic rings. The minimum Gasteiger partial charge on any atom is -0.504 e. The Morgan fingerprint density at radius 3 is 1.34 bits per heavy atom. The third kappa shape index (κ3) is 3.77. The number of phenols is 5. The Morgan fingerprint density at radius 1 is 0.255 bits per heavy atom. The highest BCUT2D eigenvalue weighted by Gasteiger charge is 2.28. The lowest BCUT2D eigenvalue weighted by Gasteiger charge is -2.21. The molecule has 47 heavy (non-hydrogen) atoms. The molecule has 0 unspecified atom stereocenters. The summed E-state index contributed by atoms with van der Waals surface area (Å²) in [4.78, 5) is 0. The van der Waals surface area contributed by atoms with Crippen molar-refractivity contribution >= 4 is 64.6 Å². The quantitative estimate of drug-likeness (QED) is 0.0580. The predicted octanol–water partition coefficient (Wildman–Crippen LogP) is 10.5. The summed E-state index contributed by atoms with van der Waals surface area (Å²) in [5, 5.41) is 65.7. The van der Waals surface area contributed by atoms with Crippen LogP contribution >= 0.6 is 0 Å². The standard InChI is InChI=1S/C42H26O5/c43-38-37(39(44)41(46)42(47)40(38)45)36-31-13-6-5-12-30(31)35(33-20-24-10-3-4-11-25(24)21-34(33)36)29-15-7-14-27-28(29)17-16-26-18-22-8-1-2-9-23(22)19-32(26)27/h1-21,43-47H. The van der Waals surface area contributed by atoms with Crippen LogP contribution in [0.5, 0.6) is 28.7 Å². The summed E-state index contributed by atoms with van der Waals surface area (Å²) in [5.74, 6) is -4.27. The lowest BCUT2D eigenvalue weighted by molar-refractivity contribution is 0.330. The van der Waals surface area contributed by atoms with Crippen LogP contribution in [0.1, 0.15) is 0 Å². The zero-order valence-electron chi connectivity index (χ0n) is 24.9. The highest BCUT2D eigenvalue weighted by atomic mass is 16.4. The molecule has 0 radical (unpaired) electrons. The van der Waals surface area contributed by atoms with Crippen molar-refractivity contribution in [1.29, 1.82) is 0 Å². The van der Waals surface area contributed by atoms with E-state index in [-0.39, 0.29) is 5.56 Å². The summed E-state index contributed by atoms with van der Waals surface area (Å²) in [6.45, 7) is 0. The Hall–Kier alpha value is -6.46. The van der Waals surface area contributed by atoms with E-state index in [1.165, 1.54) is 10.8 Å². The van der Waals surface area contributed by atoms with Crippen LogP contribution in [0.2, 0.25) is 0 Å². The monoisotopic (exact) mass is 610 g/mol. The Bertz CT molecular complexity index is 2770. The third-order valence-electron chi connectivity index (χ3n) is 9.52. The van der Waals surface area contributed by atoms with E-state index in [0.29, 0.717) is 16.3 Å². The van der Waals surface area contributed by atoms with E-state index >= 15 is 0 Å². The second-order valence-corrected chi connectivity index (χ2v) is 12.0. The van der Waals surface area contributed by atoms with Gasteiger partial charge in [-0.1, -0.05) is 103 Å². The van der Waals surface area contributed by atoms with Crippen LogP contribution in [0, 0.1) is 0 Å². The molecule has 224 valence electrons. The highest BCUT2D eigenvalue weighted by molar-refractivity contribution is 6.27. The number of benzene rings is 9. The SMILES string of the molecule is Oc1c(O)c(O)c(-c2c3ccccc3c(-c3cccc4c3ccc3cc5ccccc5cc34)c3cc4ccccc4cc23)c(O)c1O. The summed E-state index contributed by atoms with van der Waals surface area (Å²) in [6.07, 6.45) is 0. The van der Waals surface area contributed by atoms with Gasteiger partial charge in [0.1, 0.15) is 0 Å². The third-order valence-corrected chi connectivity index (χ3v) is 9.52. The van der Waals surface area contributed by atoms with E-state index in [9.17, 15) is 25.5 Å². The summed E-state index contributed by atoms with van der Waals surface area (Å²) >= 11 is 0. The van der Waals surface area contributed by atoms with E-state index in [2.05, 4.69) is 72.8 Å². The first-order valence-corrected chi connectivity index (χ1v) is 15.3. The topological polar surface area (TPSA) is 101 Å². The number of hydrogen-bond acceptors (Lipinski definition) is 5. The average Bonchev–Trinajstić information content (AvgIpc) is 3.11. The van der Waals surface area contributed by atoms with Gasteiger partial charge in [-0.25, -0.2) is 0 Å². The smallest absolute Gasteiger partial charge is 0.208 e. The Labute approximate surface area is 268 Å². The molecule has 0 saturated carbocycles. The van der Waals surface area contributed by atoms with Crippen LogP contribution in [0.4, 0.5) is 0 Å². The Kier molecular flexibility index (Phi) is 5.59. The van der Waals surface area contributed by atoms with Gasteiger partial charge in [0.05, 0.1) is 5.56 Å². The predicted molar refractivity (Wildman–Crippen MR) is 191 cm³/mol. The Balaban J connectivity index is 1.48. The lowest BCUT2D eigenvalue weighted by atomic mass is 9.83. The molecule has 0 aromatic heterocycles. The minimum absolute atomic E-state index is 0.170. The van der Waals surface area contributed by atoms with E-state index in [1.807, 2.05) is 54.6 Å². The molecular formula is C42H26O5. The van der Waals surface area contributed by atoms with Crippen molar-refractivity contribution in [3.63, 3.8) is 0 Å². The fourth-order valence-electron chi connectivity index (χ4n) is 7.34. The van der Waals surface area contributed by atoms with Gasteiger partial charge in [0.15, 0.2) is 11.5 Å². The van der Waals surface area contributed by atoms with Crippen LogP contribution in [0.25, 0.3) is 86.9 Å². The van der Waals surface area contributed by atoms with Gasteiger partial charge >= 0.3 is 0 Å². The minimum atomic E-state index is -0.991. The first-order chi connectivity index (χ1) is 22.9. The molecule has 0 aliphatic rings. The summed E-state index contributed by atoms with van der Waals surface area (Å²) in [7, 11) is 0. The van der Waals surface area contributed by atoms with Crippen LogP contribution in [-0.2, 0) is 0 Å². The molecule has 5 heteroatoms. The molecule has 0 atom stereocenters. The van der Waals surface area contributed by atoms with Crippen molar-refractivity contribution < 1.29 is 25.5 Å². The largest absolute Gasteiger partial charge is 0.504 e. The van der Waals surface area contributed by atoms with Crippen molar-refractivity contribution in [2.45, 2.75) is 0 Å². The van der Waals surface area contributed by atoms with E-state index in [4.69, 9.17) is 0 Å². The summed E-state index contributed by atoms with van der Waals surface area (Å²) in [6, 6.07) is 43.3. The Morgan fingerprint density at radius 2 is 0.723 bits per heavy atom. The van der Waals surface area contributed by atoms with Gasteiger partial charge in [-0.3, -0.25) is 0 Å². The molecule has 0 saturated heterocycles. The van der Waals surface area contributed by atoms with E-state index in [1.54, 1.807) is 0 Å². The molecule has 0 aliphatic carbocycles. The molecule has 9 aromatic carbocycles. The van der Waals surface area contributed by atoms with E-state index < -0.39 is 28.7 Å². The molecular weight excluding hydrogens is 584 g/mol. The fraction of sp³-hybridized carbons (Fsp3) is 0. The molecule has 0 bridgehead atoms. The van der Waals surface area contributed by atoms with Crippen molar-refractivity contribution in [3.05, 3.63) is 127 Å². The van der Waals surface area contributed by atoms with Crippen molar-refractivity contribution in [2.75, 3.05) is 0 Å². The van der Waals surface area contributed by atoms with Crippen LogP contribution in [0.3, 0.4) is 0 Å². The maximum atomic E-state index is 11.2. The van der Waals surface area contributed by atoms with Crippen molar-refractivity contribution in [1.82, 2.24) is 0 Å². The first-order valence-electron chi connectivity index (χ1n) is 15.3. The average molecular weight is 611 g/mol.